The molecule has 1 heterocycles. The highest BCUT2D eigenvalue weighted by molar-refractivity contribution is 7.89. The number of nitrogens with zero attached hydrogens (tertiary/aromatic N) is 1. The molecular formula is C13H18N2O3S. The summed E-state index contributed by atoms with van der Waals surface area (Å²) >= 11 is 0. The van der Waals surface area contributed by atoms with E-state index in [2.05, 4.69) is 5.32 Å². The van der Waals surface area contributed by atoms with Gasteiger partial charge in [-0.1, -0.05) is 0 Å². The zero-order valence-corrected chi connectivity index (χ0v) is 12.6. The SMILES string of the molecule is Cc1c(C)c(S(=O)(=O)N(C)C)c(C)c2c1NC(=O)C2. The summed E-state index contributed by atoms with van der Waals surface area (Å²) in [6.07, 6.45) is 0.248. The van der Waals surface area contributed by atoms with Crippen molar-refractivity contribution in [3.05, 3.63) is 22.3 Å². The number of amides is 1. The topological polar surface area (TPSA) is 66.5 Å². The summed E-state index contributed by atoms with van der Waals surface area (Å²) in [7, 11) is -0.477. The van der Waals surface area contributed by atoms with Gasteiger partial charge >= 0.3 is 0 Å². The maximum absolute atomic E-state index is 12.4. The van der Waals surface area contributed by atoms with Gasteiger partial charge in [-0.15, -0.1) is 0 Å². The molecule has 0 atom stereocenters. The van der Waals surface area contributed by atoms with Crippen molar-refractivity contribution in [2.24, 2.45) is 0 Å². The first kappa shape index (κ1) is 14.0. The summed E-state index contributed by atoms with van der Waals surface area (Å²) in [5.74, 6) is -0.0833. The summed E-state index contributed by atoms with van der Waals surface area (Å²) in [6.45, 7) is 5.39. The van der Waals surface area contributed by atoms with Gasteiger partial charge in [0.25, 0.3) is 0 Å². The van der Waals surface area contributed by atoms with Crippen molar-refractivity contribution >= 4 is 21.6 Å². The Morgan fingerprint density at radius 3 is 2.16 bits per heavy atom. The van der Waals surface area contributed by atoms with E-state index in [4.69, 9.17) is 0 Å². The van der Waals surface area contributed by atoms with Crippen LogP contribution in [0, 0.1) is 20.8 Å². The van der Waals surface area contributed by atoms with Crippen LogP contribution in [0.4, 0.5) is 5.69 Å². The third kappa shape index (κ3) is 1.95. The minimum Gasteiger partial charge on any atom is -0.325 e. The first-order valence-corrected chi connectivity index (χ1v) is 7.47. The Labute approximate surface area is 113 Å². The standard InChI is InChI=1S/C13H18N2O3S/c1-7-8(2)13(19(17,18)15(4)5)9(3)10-6-11(16)14-12(7)10/h6H2,1-5H3,(H,14,16). The fourth-order valence-corrected chi connectivity index (χ4v) is 3.91. The smallest absolute Gasteiger partial charge is 0.243 e. The zero-order valence-electron chi connectivity index (χ0n) is 11.8. The molecule has 0 spiro atoms. The van der Waals surface area contributed by atoms with Crippen molar-refractivity contribution in [1.29, 1.82) is 0 Å². The predicted molar refractivity (Wildman–Crippen MR) is 73.9 cm³/mol. The van der Waals surface area contributed by atoms with Gasteiger partial charge in [0, 0.05) is 19.8 Å². The maximum Gasteiger partial charge on any atom is 0.243 e. The Morgan fingerprint density at radius 2 is 1.63 bits per heavy atom. The quantitative estimate of drug-likeness (QED) is 0.890. The van der Waals surface area contributed by atoms with Gasteiger partial charge in [0.05, 0.1) is 11.3 Å². The molecule has 104 valence electrons. The van der Waals surface area contributed by atoms with E-state index < -0.39 is 10.0 Å². The van der Waals surface area contributed by atoms with E-state index in [1.54, 1.807) is 13.8 Å². The summed E-state index contributed by atoms with van der Waals surface area (Å²) in [4.78, 5) is 11.9. The first-order chi connectivity index (χ1) is 8.67. The van der Waals surface area contributed by atoms with Crippen LogP contribution in [0.25, 0.3) is 0 Å². The molecule has 1 aliphatic rings. The van der Waals surface area contributed by atoms with Crippen molar-refractivity contribution < 1.29 is 13.2 Å². The Morgan fingerprint density at radius 1 is 1.05 bits per heavy atom. The normalized spacial score (nSPS) is 14.7. The highest BCUT2D eigenvalue weighted by Gasteiger charge is 2.31. The van der Waals surface area contributed by atoms with Crippen LogP contribution in [0.5, 0.6) is 0 Å². The summed E-state index contributed by atoms with van der Waals surface area (Å²) < 4.78 is 26.1. The molecule has 1 aliphatic heterocycles. The molecule has 0 fully saturated rings. The highest BCUT2D eigenvalue weighted by Crippen LogP contribution is 2.37. The highest BCUT2D eigenvalue weighted by atomic mass is 32.2. The van der Waals surface area contributed by atoms with E-state index in [0.717, 1.165) is 16.8 Å². The Balaban J connectivity index is 2.83. The average molecular weight is 282 g/mol. The van der Waals surface area contributed by atoms with Crippen LogP contribution in [0.2, 0.25) is 0 Å². The van der Waals surface area contributed by atoms with Crippen LogP contribution >= 0.6 is 0 Å². The van der Waals surface area contributed by atoms with Crippen LogP contribution in [0.15, 0.2) is 4.90 Å². The van der Waals surface area contributed by atoms with E-state index in [-0.39, 0.29) is 12.3 Å². The van der Waals surface area contributed by atoms with Gasteiger partial charge in [-0.3, -0.25) is 4.79 Å². The number of nitrogens with one attached hydrogen (secondary N) is 1. The summed E-state index contributed by atoms with van der Waals surface area (Å²) in [5.41, 5.74) is 3.77. The molecule has 1 aromatic rings. The third-order valence-corrected chi connectivity index (χ3v) is 5.80. The molecule has 1 N–H and O–H groups in total. The van der Waals surface area contributed by atoms with Gasteiger partial charge in [0.2, 0.25) is 15.9 Å². The van der Waals surface area contributed by atoms with Crippen molar-refractivity contribution in [2.45, 2.75) is 32.1 Å². The van der Waals surface area contributed by atoms with E-state index in [1.165, 1.54) is 18.4 Å². The van der Waals surface area contributed by atoms with Crippen molar-refractivity contribution in [3.63, 3.8) is 0 Å². The lowest BCUT2D eigenvalue weighted by Crippen LogP contribution is -2.24. The Hall–Kier alpha value is -1.40. The molecule has 0 aromatic heterocycles. The van der Waals surface area contributed by atoms with Gasteiger partial charge in [0.15, 0.2) is 0 Å². The number of anilines is 1. The molecule has 19 heavy (non-hydrogen) atoms. The minimum absolute atomic E-state index is 0.0833. The second-order valence-electron chi connectivity index (χ2n) is 5.07. The molecule has 0 bridgehead atoms. The number of hydrogen-bond donors (Lipinski definition) is 1. The van der Waals surface area contributed by atoms with Crippen LogP contribution < -0.4 is 5.32 Å². The molecule has 0 radical (unpaired) electrons. The van der Waals surface area contributed by atoms with Crippen molar-refractivity contribution in [1.82, 2.24) is 4.31 Å². The predicted octanol–water partition coefficient (Wildman–Crippen LogP) is 1.36. The molecule has 5 nitrogen and oxygen atoms in total. The Kier molecular flexibility index (Phi) is 3.18. The van der Waals surface area contributed by atoms with Gasteiger partial charge < -0.3 is 5.32 Å². The first-order valence-electron chi connectivity index (χ1n) is 6.03. The molecule has 2 rings (SSSR count). The average Bonchev–Trinajstić information content (AvgIpc) is 2.68. The fraction of sp³-hybridized carbons (Fsp3) is 0.462. The van der Waals surface area contributed by atoms with Gasteiger partial charge in [-0.2, -0.15) is 0 Å². The number of carbonyl (C=O) groups excluding carboxylic acids is 1. The number of carbonyl (C=O) groups is 1. The molecule has 0 saturated heterocycles. The molecule has 1 aromatic carbocycles. The van der Waals surface area contributed by atoms with E-state index >= 15 is 0 Å². The number of hydrogen-bond acceptors (Lipinski definition) is 3. The van der Waals surface area contributed by atoms with E-state index in [9.17, 15) is 13.2 Å². The fourth-order valence-electron chi connectivity index (χ4n) is 2.49. The second kappa shape index (κ2) is 4.31. The van der Waals surface area contributed by atoms with E-state index in [0.29, 0.717) is 16.0 Å². The second-order valence-corrected chi connectivity index (χ2v) is 7.16. The minimum atomic E-state index is -3.51. The molecule has 1 amide bonds. The lowest BCUT2D eigenvalue weighted by Gasteiger charge is -2.20. The molecule has 0 saturated carbocycles. The Bertz CT molecular complexity index is 676. The summed E-state index contributed by atoms with van der Waals surface area (Å²) in [5, 5.41) is 2.81. The van der Waals surface area contributed by atoms with Crippen LogP contribution in [-0.2, 0) is 21.2 Å². The molecular weight excluding hydrogens is 264 g/mol. The number of fused-ring (bicyclic) bond motifs is 1. The maximum atomic E-state index is 12.4. The number of rotatable bonds is 2. The van der Waals surface area contributed by atoms with Crippen molar-refractivity contribution in [3.8, 4) is 0 Å². The van der Waals surface area contributed by atoms with Crippen LogP contribution in [0.1, 0.15) is 22.3 Å². The van der Waals surface area contributed by atoms with Gasteiger partial charge in [-0.05, 0) is 43.0 Å². The third-order valence-electron chi connectivity index (χ3n) is 3.71. The van der Waals surface area contributed by atoms with E-state index in [1.807, 2.05) is 6.92 Å². The lowest BCUT2D eigenvalue weighted by molar-refractivity contribution is -0.115. The van der Waals surface area contributed by atoms with Crippen molar-refractivity contribution in [2.75, 3.05) is 19.4 Å². The van der Waals surface area contributed by atoms with Crippen LogP contribution in [-0.4, -0.2) is 32.7 Å². The largest absolute Gasteiger partial charge is 0.325 e. The molecule has 6 heteroatoms. The number of sulfonamides is 1. The van der Waals surface area contributed by atoms with Gasteiger partial charge in [-0.25, -0.2) is 12.7 Å². The number of benzene rings is 1. The monoisotopic (exact) mass is 282 g/mol. The zero-order chi connectivity index (χ0) is 14.5. The summed E-state index contributed by atoms with van der Waals surface area (Å²) in [6, 6.07) is 0. The van der Waals surface area contributed by atoms with Crippen LogP contribution in [0.3, 0.4) is 0 Å². The van der Waals surface area contributed by atoms with Gasteiger partial charge in [0.1, 0.15) is 0 Å². The lowest BCUT2D eigenvalue weighted by atomic mass is 9.98. The molecule has 0 unspecified atom stereocenters. The molecule has 0 aliphatic carbocycles.